The molecule has 0 aromatic heterocycles. The van der Waals surface area contributed by atoms with Gasteiger partial charge in [0.15, 0.2) is 0 Å². The van der Waals surface area contributed by atoms with E-state index in [0.29, 0.717) is 6.42 Å². The summed E-state index contributed by atoms with van der Waals surface area (Å²) < 4.78 is 5.65. The molecular weight excluding hydrogens is 421 g/mol. The molecule has 5 nitrogen and oxygen atoms in total. The van der Waals surface area contributed by atoms with Crippen molar-refractivity contribution in [1.29, 1.82) is 0 Å². The molecule has 0 fully saturated rings. The molecule has 0 aromatic carbocycles. The SMILES string of the molecule is CCC[CH2][Sn]([CH2]CCC)([CH2]CCC)[C]1=CN(C(CC)C(=O)O)NN1C. The third kappa shape index (κ3) is 6.05. The summed E-state index contributed by atoms with van der Waals surface area (Å²) >= 11 is -2.55. The van der Waals surface area contributed by atoms with E-state index in [1.165, 1.54) is 55.5 Å². The Labute approximate surface area is 158 Å². The molecule has 1 unspecified atom stereocenters. The molecule has 1 aliphatic rings. The fourth-order valence-corrected chi connectivity index (χ4v) is 20.4. The Hall–Kier alpha value is -0.431. The zero-order valence-corrected chi connectivity index (χ0v) is 19.8. The Bertz CT molecular complexity index is 421. The van der Waals surface area contributed by atoms with Crippen molar-refractivity contribution in [3.8, 4) is 0 Å². The second-order valence-electron chi connectivity index (χ2n) is 7.43. The van der Waals surface area contributed by atoms with E-state index < -0.39 is 30.4 Å². The second-order valence-corrected chi connectivity index (χ2v) is 20.5. The molecule has 1 heterocycles. The quantitative estimate of drug-likeness (QED) is 0.389. The number of aliphatic carboxylic acids is 1. The van der Waals surface area contributed by atoms with E-state index in [1.807, 2.05) is 11.9 Å². The van der Waals surface area contributed by atoms with Gasteiger partial charge in [-0.05, 0) is 0 Å². The zero-order chi connectivity index (χ0) is 18.9. The maximum atomic E-state index is 11.6. The van der Waals surface area contributed by atoms with Crippen molar-refractivity contribution >= 4 is 24.3 Å². The Morgan fingerprint density at radius 1 is 1.08 bits per heavy atom. The molecule has 1 rings (SSSR count). The van der Waals surface area contributed by atoms with E-state index in [0.717, 1.165) is 0 Å². The first-order chi connectivity index (χ1) is 12.0. The third-order valence-corrected chi connectivity index (χ3v) is 21.1. The Balaban J connectivity index is 3.17. The summed E-state index contributed by atoms with van der Waals surface area (Å²) in [6.07, 6.45) is 10.4. The van der Waals surface area contributed by atoms with Crippen LogP contribution in [-0.4, -0.2) is 52.6 Å². The average molecular weight is 460 g/mol. The van der Waals surface area contributed by atoms with Crippen molar-refractivity contribution in [3.63, 3.8) is 0 Å². The molecule has 146 valence electrons. The molecular formula is C19H39N3O2Sn. The van der Waals surface area contributed by atoms with Gasteiger partial charge in [0.05, 0.1) is 0 Å². The summed E-state index contributed by atoms with van der Waals surface area (Å²) in [4.78, 5) is 11.6. The predicted octanol–water partition coefficient (Wildman–Crippen LogP) is 4.75. The van der Waals surface area contributed by atoms with Crippen LogP contribution in [0.5, 0.6) is 0 Å². The van der Waals surface area contributed by atoms with Gasteiger partial charge in [-0.15, -0.1) is 0 Å². The van der Waals surface area contributed by atoms with Gasteiger partial charge in [0.25, 0.3) is 0 Å². The molecule has 6 heteroatoms. The fraction of sp³-hybridized carbons (Fsp3) is 0.842. The van der Waals surface area contributed by atoms with E-state index in [1.54, 1.807) is 0 Å². The number of hydrogen-bond donors (Lipinski definition) is 2. The standard InChI is InChI=1S/C7H12N3O2.3C4H9.Sn/c1-3-6(7(11)12)10-5-4-9(2)8-10;3*1-3-4-2;/h5-6,8H,3H2,1-2H3,(H,11,12);3*1,3-4H2,2H3;. The summed E-state index contributed by atoms with van der Waals surface area (Å²) in [7, 11) is 2.08. The van der Waals surface area contributed by atoms with Crippen molar-refractivity contribution in [1.82, 2.24) is 15.6 Å². The van der Waals surface area contributed by atoms with Gasteiger partial charge in [-0.2, -0.15) is 0 Å². The second kappa shape index (κ2) is 11.3. The van der Waals surface area contributed by atoms with E-state index in [2.05, 4.69) is 44.6 Å². The van der Waals surface area contributed by atoms with Gasteiger partial charge in [0, 0.05) is 0 Å². The van der Waals surface area contributed by atoms with E-state index in [9.17, 15) is 9.90 Å². The van der Waals surface area contributed by atoms with Crippen LogP contribution >= 0.6 is 0 Å². The van der Waals surface area contributed by atoms with Crippen LogP contribution in [0, 0.1) is 0 Å². The molecule has 0 spiro atoms. The maximum absolute atomic E-state index is 11.6. The van der Waals surface area contributed by atoms with Crippen molar-refractivity contribution in [3.05, 3.63) is 9.91 Å². The molecule has 1 atom stereocenters. The first kappa shape index (κ1) is 22.6. The molecule has 0 bridgehead atoms. The molecule has 25 heavy (non-hydrogen) atoms. The van der Waals surface area contributed by atoms with Crippen molar-refractivity contribution in [2.24, 2.45) is 0 Å². The topological polar surface area (TPSA) is 55.8 Å². The predicted molar refractivity (Wildman–Crippen MR) is 107 cm³/mol. The van der Waals surface area contributed by atoms with Gasteiger partial charge in [-0.3, -0.25) is 0 Å². The minimum atomic E-state index is -2.55. The van der Waals surface area contributed by atoms with Crippen LogP contribution < -0.4 is 5.53 Å². The van der Waals surface area contributed by atoms with Crippen LogP contribution in [0.25, 0.3) is 0 Å². The summed E-state index contributed by atoms with van der Waals surface area (Å²) in [6, 6.07) is -0.493. The van der Waals surface area contributed by atoms with E-state index in [-0.39, 0.29) is 0 Å². The summed E-state index contributed by atoms with van der Waals surface area (Å²) in [6.45, 7) is 8.79. The van der Waals surface area contributed by atoms with Crippen LogP contribution in [0.15, 0.2) is 9.91 Å². The molecule has 0 saturated carbocycles. The fourth-order valence-electron chi connectivity index (χ4n) is 3.92. The van der Waals surface area contributed by atoms with Gasteiger partial charge < -0.3 is 0 Å². The molecule has 0 saturated heterocycles. The summed E-state index contributed by atoms with van der Waals surface area (Å²) in [5.41, 5.74) is 3.32. The number of carbonyl (C=O) groups is 1. The normalized spacial score (nSPS) is 16.3. The average Bonchev–Trinajstić information content (AvgIpc) is 2.97. The third-order valence-electron chi connectivity index (χ3n) is 5.47. The molecule has 2 N–H and O–H groups in total. The monoisotopic (exact) mass is 461 g/mol. The van der Waals surface area contributed by atoms with Crippen LogP contribution in [0.3, 0.4) is 0 Å². The number of nitrogens with one attached hydrogen (secondary N) is 1. The number of rotatable bonds is 13. The number of carboxylic acids is 1. The Morgan fingerprint density at radius 3 is 1.92 bits per heavy atom. The van der Waals surface area contributed by atoms with Crippen LogP contribution in [-0.2, 0) is 4.79 Å². The van der Waals surface area contributed by atoms with Gasteiger partial charge >= 0.3 is 159 Å². The number of carboxylic acid groups (broad SMARTS) is 1. The zero-order valence-electron chi connectivity index (χ0n) is 17.0. The van der Waals surface area contributed by atoms with Crippen LogP contribution in [0.4, 0.5) is 0 Å². The Morgan fingerprint density at radius 2 is 1.56 bits per heavy atom. The van der Waals surface area contributed by atoms with E-state index in [4.69, 9.17) is 0 Å². The molecule has 0 radical (unpaired) electrons. The van der Waals surface area contributed by atoms with Crippen LogP contribution in [0.1, 0.15) is 72.6 Å². The number of unbranched alkanes of at least 4 members (excludes halogenated alkanes) is 3. The first-order valence-corrected chi connectivity index (χ1v) is 17.7. The first-order valence-electron chi connectivity index (χ1n) is 10.2. The Kier molecular flexibility index (Phi) is 10.2. The van der Waals surface area contributed by atoms with Crippen molar-refractivity contribution in [2.75, 3.05) is 7.05 Å². The van der Waals surface area contributed by atoms with Gasteiger partial charge in [-0.25, -0.2) is 0 Å². The molecule has 1 aliphatic heterocycles. The minimum absolute atomic E-state index is 0.493. The molecule has 0 aliphatic carbocycles. The van der Waals surface area contributed by atoms with Crippen molar-refractivity contribution < 1.29 is 9.90 Å². The van der Waals surface area contributed by atoms with E-state index >= 15 is 0 Å². The summed E-state index contributed by atoms with van der Waals surface area (Å²) in [5.74, 6) is -0.752. The summed E-state index contributed by atoms with van der Waals surface area (Å²) in [5, 5.41) is 13.5. The van der Waals surface area contributed by atoms with Crippen LogP contribution in [0.2, 0.25) is 13.3 Å². The number of nitrogens with zero attached hydrogens (tertiary/aromatic N) is 2. The molecule has 0 aromatic rings. The van der Waals surface area contributed by atoms with Crippen molar-refractivity contribution in [2.45, 2.75) is 92.0 Å². The van der Waals surface area contributed by atoms with Gasteiger partial charge in [-0.1, -0.05) is 0 Å². The van der Waals surface area contributed by atoms with Gasteiger partial charge in [0.2, 0.25) is 0 Å². The number of hydrogen-bond acceptors (Lipinski definition) is 4. The van der Waals surface area contributed by atoms with Gasteiger partial charge in [0.1, 0.15) is 0 Å². The molecule has 0 amide bonds. The number of hydrazine groups is 2.